The largest absolute Gasteiger partial charge is 0.419 e. The molecule has 20 heavy (non-hydrogen) atoms. The number of halogens is 1. The third-order valence-corrected chi connectivity index (χ3v) is 3.21. The monoisotopic (exact) mass is 277 g/mol. The van der Waals surface area contributed by atoms with Crippen LogP contribution in [0.15, 0.2) is 22.6 Å². The highest BCUT2D eigenvalue weighted by Crippen LogP contribution is 2.25. The molecule has 108 valence electrons. The van der Waals surface area contributed by atoms with Gasteiger partial charge in [0.2, 0.25) is 5.89 Å². The number of aromatic nitrogens is 2. The molecular weight excluding hydrogens is 257 g/mol. The van der Waals surface area contributed by atoms with Gasteiger partial charge in [-0.05, 0) is 37.9 Å². The Balaban J connectivity index is 2.26. The topological polar surface area (TPSA) is 51.0 Å². The lowest BCUT2D eigenvalue weighted by atomic mass is 10.1. The Kier molecular flexibility index (Phi) is 4.84. The maximum Gasteiger partial charge on any atom is 0.250 e. The number of aryl methyl sites for hydroxylation is 1. The third kappa shape index (κ3) is 3.04. The van der Waals surface area contributed by atoms with Crippen LogP contribution in [-0.2, 0) is 0 Å². The summed E-state index contributed by atoms with van der Waals surface area (Å²) in [5.74, 6) is 0.437. The van der Waals surface area contributed by atoms with E-state index in [9.17, 15) is 4.39 Å². The van der Waals surface area contributed by atoms with E-state index < -0.39 is 0 Å². The lowest BCUT2D eigenvalue weighted by Gasteiger charge is -2.11. The first kappa shape index (κ1) is 14.7. The molecule has 5 heteroatoms. The summed E-state index contributed by atoms with van der Waals surface area (Å²) in [5.41, 5.74) is 0.924. The van der Waals surface area contributed by atoms with Gasteiger partial charge < -0.3 is 9.73 Å². The zero-order chi connectivity index (χ0) is 14.5. The standard InChI is InChI=1S/C15H20FN3O/c1-4-9-17-12(5-2)15-19-18-14(20-15)11-8-6-7-10(3)13(11)16/h6-8,12,17H,4-5,9H2,1-3H3. The predicted octanol–water partition coefficient (Wildman–Crippen LogP) is 3.63. The molecule has 0 saturated heterocycles. The summed E-state index contributed by atoms with van der Waals surface area (Å²) in [5, 5.41) is 11.3. The fourth-order valence-corrected chi connectivity index (χ4v) is 2.02. The molecule has 1 N–H and O–H groups in total. The van der Waals surface area contributed by atoms with E-state index in [2.05, 4.69) is 22.4 Å². The number of hydrogen-bond donors (Lipinski definition) is 1. The van der Waals surface area contributed by atoms with Gasteiger partial charge in [-0.2, -0.15) is 0 Å². The van der Waals surface area contributed by atoms with Crippen LogP contribution in [-0.4, -0.2) is 16.7 Å². The minimum absolute atomic E-state index is 0.0177. The van der Waals surface area contributed by atoms with Crippen molar-refractivity contribution in [2.75, 3.05) is 6.54 Å². The average molecular weight is 277 g/mol. The average Bonchev–Trinajstić information content (AvgIpc) is 2.92. The van der Waals surface area contributed by atoms with Crippen molar-refractivity contribution in [1.82, 2.24) is 15.5 Å². The van der Waals surface area contributed by atoms with Gasteiger partial charge in [0.1, 0.15) is 5.82 Å². The quantitative estimate of drug-likeness (QED) is 0.876. The highest BCUT2D eigenvalue weighted by atomic mass is 19.1. The van der Waals surface area contributed by atoms with Crippen molar-refractivity contribution in [2.24, 2.45) is 0 Å². The van der Waals surface area contributed by atoms with E-state index in [-0.39, 0.29) is 17.7 Å². The third-order valence-electron chi connectivity index (χ3n) is 3.21. The van der Waals surface area contributed by atoms with Gasteiger partial charge in [0, 0.05) is 0 Å². The second-order valence-electron chi connectivity index (χ2n) is 4.80. The fourth-order valence-electron chi connectivity index (χ4n) is 2.02. The molecule has 0 saturated carbocycles. The molecule has 0 spiro atoms. The Morgan fingerprint density at radius 2 is 2.10 bits per heavy atom. The molecule has 1 unspecified atom stereocenters. The summed E-state index contributed by atoms with van der Waals surface area (Å²) in [6, 6.07) is 5.17. The van der Waals surface area contributed by atoms with Crippen LogP contribution in [0.4, 0.5) is 4.39 Å². The lowest BCUT2D eigenvalue weighted by Crippen LogP contribution is -2.21. The minimum atomic E-state index is -0.308. The highest BCUT2D eigenvalue weighted by molar-refractivity contribution is 5.55. The summed E-state index contributed by atoms with van der Waals surface area (Å²) in [4.78, 5) is 0. The summed E-state index contributed by atoms with van der Waals surface area (Å²) < 4.78 is 19.7. The number of hydrogen-bond acceptors (Lipinski definition) is 4. The van der Waals surface area contributed by atoms with Gasteiger partial charge in [0.25, 0.3) is 5.89 Å². The molecule has 2 aromatic rings. The molecular formula is C15H20FN3O. The Labute approximate surface area is 118 Å². The summed E-state index contributed by atoms with van der Waals surface area (Å²) in [6.45, 7) is 6.74. The first-order chi connectivity index (χ1) is 9.67. The van der Waals surface area contributed by atoms with Crippen molar-refractivity contribution in [3.05, 3.63) is 35.5 Å². The SMILES string of the molecule is CCCNC(CC)c1nnc(-c2cccc(C)c2F)o1. The molecule has 0 aliphatic heterocycles. The van der Waals surface area contributed by atoms with Gasteiger partial charge in [-0.15, -0.1) is 10.2 Å². The number of benzene rings is 1. The van der Waals surface area contributed by atoms with Crippen LogP contribution < -0.4 is 5.32 Å². The zero-order valence-corrected chi connectivity index (χ0v) is 12.1. The summed E-state index contributed by atoms with van der Waals surface area (Å²) in [7, 11) is 0. The van der Waals surface area contributed by atoms with E-state index in [4.69, 9.17) is 4.42 Å². The molecule has 1 aromatic carbocycles. The van der Waals surface area contributed by atoms with Crippen molar-refractivity contribution in [1.29, 1.82) is 0 Å². The van der Waals surface area contributed by atoms with Crippen LogP contribution in [0.1, 0.15) is 44.2 Å². The summed E-state index contributed by atoms with van der Waals surface area (Å²) >= 11 is 0. The second-order valence-corrected chi connectivity index (χ2v) is 4.80. The molecule has 0 radical (unpaired) electrons. The van der Waals surface area contributed by atoms with Crippen LogP contribution in [0.25, 0.3) is 11.5 Å². The van der Waals surface area contributed by atoms with Gasteiger partial charge >= 0.3 is 0 Å². The van der Waals surface area contributed by atoms with E-state index in [1.807, 2.05) is 6.92 Å². The van der Waals surface area contributed by atoms with E-state index in [1.165, 1.54) is 0 Å². The molecule has 0 amide bonds. The fraction of sp³-hybridized carbons (Fsp3) is 0.467. The molecule has 0 aliphatic carbocycles. The van der Waals surface area contributed by atoms with E-state index in [0.717, 1.165) is 19.4 Å². The van der Waals surface area contributed by atoms with Gasteiger partial charge in [-0.1, -0.05) is 26.0 Å². The second kappa shape index (κ2) is 6.61. The normalized spacial score (nSPS) is 12.6. The van der Waals surface area contributed by atoms with E-state index in [0.29, 0.717) is 17.0 Å². The minimum Gasteiger partial charge on any atom is -0.419 e. The maximum atomic E-state index is 14.0. The highest BCUT2D eigenvalue weighted by Gasteiger charge is 2.19. The van der Waals surface area contributed by atoms with Crippen LogP contribution >= 0.6 is 0 Å². The van der Waals surface area contributed by atoms with Gasteiger partial charge in [0.05, 0.1) is 11.6 Å². The first-order valence-corrected chi connectivity index (χ1v) is 6.99. The van der Waals surface area contributed by atoms with Crippen LogP contribution in [0.5, 0.6) is 0 Å². The van der Waals surface area contributed by atoms with Crippen LogP contribution in [0.3, 0.4) is 0 Å². The molecule has 0 fully saturated rings. The lowest BCUT2D eigenvalue weighted by molar-refractivity contribution is 0.395. The van der Waals surface area contributed by atoms with Crippen molar-refractivity contribution in [3.8, 4) is 11.5 Å². The molecule has 1 atom stereocenters. The van der Waals surface area contributed by atoms with Gasteiger partial charge in [-0.3, -0.25) is 0 Å². The Morgan fingerprint density at radius 1 is 1.30 bits per heavy atom. The first-order valence-electron chi connectivity index (χ1n) is 6.99. The molecule has 1 heterocycles. The Morgan fingerprint density at radius 3 is 2.80 bits per heavy atom. The van der Waals surface area contributed by atoms with Crippen LogP contribution in [0.2, 0.25) is 0 Å². The number of rotatable bonds is 6. The summed E-state index contributed by atoms with van der Waals surface area (Å²) in [6.07, 6.45) is 1.88. The number of nitrogens with zero attached hydrogens (tertiary/aromatic N) is 2. The number of nitrogens with one attached hydrogen (secondary N) is 1. The Bertz CT molecular complexity index is 568. The molecule has 4 nitrogen and oxygen atoms in total. The van der Waals surface area contributed by atoms with Gasteiger partial charge in [-0.25, -0.2) is 4.39 Å². The van der Waals surface area contributed by atoms with Gasteiger partial charge in [0.15, 0.2) is 0 Å². The Hall–Kier alpha value is -1.75. The maximum absolute atomic E-state index is 14.0. The van der Waals surface area contributed by atoms with Crippen molar-refractivity contribution >= 4 is 0 Å². The molecule has 0 bridgehead atoms. The van der Waals surface area contributed by atoms with Crippen molar-refractivity contribution in [3.63, 3.8) is 0 Å². The van der Waals surface area contributed by atoms with E-state index in [1.54, 1.807) is 25.1 Å². The van der Waals surface area contributed by atoms with Crippen molar-refractivity contribution < 1.29 is 8.81 Å². The molecule has 0 aliphatic rings. The van der Waals surface area contributed by atoms with E-state index >= 15 is 0 Å². The smallest absolute Gasteiger partial charge is 0.250 e. The predicted molar refractivity (Wildman–Crippen MR) is 75.8 cm³/mol. The van der Waals surface area contributed by atoms with Crippen LogP contribution in [0, 0.1) is 12.7 Å². The molecule has 2 rings (SSSR count). The zero-order valence-electron chi connectivity index (χ0n) is 12.1. The van der Waals surface area contributed by atoms with Crippen molar-refractivity contribution in [2.45, 2.75) is 39.7 Å². The molecule has 1 aromatic heterocycles.